The zero-order valence-corrected chi connectivity index (χ0v) is 12.4. The van der Waals surface area contributed by atoms with Crippen LogP contribution >= 0.6 is 0 Å². The van der Waals surface area contributed by atoms with Crippen LogP contribution in [0.4, 0.5) is 11.4 Å². The van der Waals surface area contributed by atoms with Crippen molar-refractivity contribution in [1.82, 2.24) is 4.90 Å². The van der Waals surface area contributed by atoms with Gasteiger partial charge in [0.2, 0.25) is 5.91 Å². The van der Waals surface area contributed by atoms with Crippen LogP contribution < -0.4 is 11.1 Å². The van der Waals surface area contributed by atoms with Gasteiger partial charge < -0.3 is 11.1 Å². The van der Waals surface area contributed by atoms with E-state index in [-0.39, 0.29) is 5.91 Å². The maximum atomic E-state index is 12.0. The third-order valence-corrected chi connectivity index (χ3v) is 4.19. The third-order valence-electron chi connectivity index (χ3n) is 4.19. The summed E-state index contributed by atoms with van der Waals surface area (Å²) in [6.07, 6.45) is 4.21. The van der Waals surface area contributed by atoms with E-state index >= 15 is 0 Å². The van der Waals surface area contributed by atoms with Crippen molar-refractivity contribution in [2.24, 2.45) is 0 Å². The van der Waals surface area contributed by atoms with Crippen molar-refractivity contribution in [3.63, 3.8) is 0 Å². The Morgan fingerprint density at radius 1 is 1.45 bits per heavy atom. The first-order valence-electron chi connectivity index (χ1n) is 7.51. The van der Waals surface area contributed by atoms with Gasteiger partial charge in [0.1, 0.15) is 0 Å². The Bertz CT molecular complexity index is 461. The first kappa shape index (κ1) is 14.9. The summed E-state index contributed by atoms with van der Waals surface area (Å²) in [7, 11) is 0. The Labute approximate surface area is 121 Å². The summed E-state index contributed by atoms with van der Waals surface area (Å²) < 4.78 is 0. The molecule has 0 radical (unpaired) electrons. The topological polar surface area (TPSA) is 58.4 Å². The smallest absolute Gasteiger partial charge is 0.225 e. The van der Waals surface area contributed by atoms with Gasteiger partial charge >= 0.3 is 0 Å². The summed E-state index contributed by atoms with van der Waals surface area (Å²) in [5, 5.41) is 2.91. The SMILES string of the molecule is CCC1CCC(C)N1CCC(=O)Nc1cccc(N)c1. The van der Waals surface area contributed by atoms with Crippen LogP contribution in [-0.4, -0.2) is 29.4 Å². The predicted molar refractivity (Wildman–Crippen MR) is 83.6 cm³/mol. The van der Waals surface area contributed by atoms with Gasteiger partial charge in [-0.05, 0) is 44.4 Å². The number of rotatable bonds is 5. The molecule has 4 nitrogen and oxygen atoms in total. The molecule has 0 saturated carbocycles. The summed E-state index contributed by atoms with van der Waals surface area (Å²) in [5.41, 5.74) is 7.15. The number of nitrogens with two attached hydrogens (primary N) is 1. The lowest BCUT2D eigenvalue weighted by molar-refractivity contribution is -0.116. The predicted octanol–water partition coefficient (Wildman–Crippen LogP) is 2.86. The highest BCUT2D eigenvalue weighted by Gasteiger charge is 2.28. The standard InChI is InChI=1S/C16H25N3O/c1-3-15-8-7-12(2)19(15)10-9-16(20)18-14-6-4-5-13(17)11-14/h4-6,11-12,15H,3,7-10,17H2,1-2H3,(H,18,20). The van der Waals surface area contributed by atoms with E-state index in [1.54, 1.807) is 6.07 Å². The highest BCUT2D eigenvalue weighted by molar-refractivity contribution is 5.91. The number of amides is 1. The molecule has 1 fully saturated rings. The van der Waals surface area contributed by atoms with E-state index in [4.69, 9.17) is 5.73 Å². The average Bonchev–Trinajstić information content (AvgIpc) is 2.77. The molecular formula is C16H25N3O. The highest BCUT2D eigenvalue weighted by atomic mass is 16.1. The van der Waals surface area contributed by atoms with E-state index in [0.717, 1.165) is 12.2 Å². The van der Waals surface area contributed by atoms with E-state index in [0.29, 0.717) is 24.2 Å². The van der Waals surface area contributed by atoms with Gasteiger partial charge in [0.15, 0.2) is 0 Å². The number of nitrogens with zero attached hydrogens (tertiary/aromatic N) is 1. The second kappa shape index (κ2) is 6.75. The zero-order valence-electron chi connectivity index (χ0n) is 12.4. The molecule has 1 aliphatic heterocycles. The molecule has 1 aromatic rings. The number of nitrogens with one attached hydrogen (secondary N) is 1. The first-order valence-corrected chi connectivity index (χ1v) is 7.51. The van der Waals surface area contributed by atoms with Crippen molar-refractivity contribution < 1.29 is 4.79 Å². The van der Waals surface area contributed by atoms with Gasteiger partial charge in [-0.3, -0.25) is 9.69 Å². The highest BCUT2D eigenvalue weighted by Crippen LogP contribution is 2.25. The summed E-state index contributed by atoms with van der Waals surface area (Å²) >= 11 is 0. The van der Waals surface area contributed by atoms with E-state index in [2.05, 4.69) is 24.1 Å². The number of carbonyl (C=O) groups excluding carboxylic acids is 1. The lowest BCUT2D eigenvalue weighted by atomic mass is 10.1. The number of likely N-dealkylation sites (tertiary alicyclic amines) is 1. The summed E-state index contributed by atoms with van der Waals surface area (Å²) in [6, 6.07) is 8.55. The molecule has 20 heavy (non-hydrogen) atoms. The Morgan fingerprint density at radius 2 is 2.25 bits per heavy atom. The largest absolute Gasteiger partial charge is 0.399 e. The fourth-order valence-corrected chi connectivity index (χ4v) is 3.04. The first-order chi connectivity index (χ1) is 9.60. The van der Waals surface area contributed by atoms with E-state index in [9.17, 15) is 4.79 Å². The quantitative estimate of drug-likeness (QED) is 0.812. The van der Waals surface area contributed by atoms with Gasteiger partial charge in [-0.2, -0.15) is 0 Å². The maximum absolute atomic E-state index is 12.0. The molecule has 2 rings (SSSR count). The van der Waals surface area contributed by atoms with Crippen LogP contribution in [0, 0.1) is 0 Å². The number of anilines is 2. The van der Waals surface area contributed by atoms with Crippen LogP contribution in [0.1, 0.15) is 39.5 Å². The van der Waals surface area contributed by atoms with Gasteiger partial charge in [-0.15, -0.1) is 0 Å². The molecule has 1 aromatic carbocycles. The molecule has 1 heterocycles. The molecule has 1 saturated heterocycles. The van der Waals surface area contributed by atoms with E-state index < -0.39 is 0 Å². The molecule has 0 aliphatic carbocycles. The number of hydrogen-bond donors (Lipinski definition) is 2. The van der Waals surface area contributed by atoms with Gasteiger partial charge in [-0.1, -0.05) is 13.0 Å². The number of carbonyl (C=O) groups is 1. The molecule has 0 spiro atoms. The molecule has 1 amide bonds. The number of benzene rings is 1. The second-order valence-corrected chi connectivity index (χ2v) is 5.65. The van der Waals surface area contributed by atoms with Crippen molar-refractivity contribution >= 4 is 17.3 Å². The molecule has 110 valence electrons. The molecule has 0 bridgehead atoms. The maximum Gasteiger partial charge on any atom is 0.225 e. The minimum atomic E-state index is 0.0598. The number of hydrogen-bond acceptors (Lipinski definition) is 3. The second-order valence-electron chi connectivity index (χ2n) is 5.65. The normalized spacial score (nSPS) is 22.9. The van der Waals surface area contributed by atoms with Crippen LogP contribution in [0.25, 0.3) is 0 Å². The minimum absolute atomic E-state index is 0.0598. The fourth-order valence-electron chi connectivity index (χ4n) is 3.04. The fraction of sp³-hybridized carbons (Fsp3) is 0.562. The molecule has 3 N–H and O–H groups in total. The van der Waals surface area contributed by atoms with Crippen molar-refractivity contribution in [2.45, 2.75) is 51.6 Å². The van der Waals surface area contributed by atoms with Crippen LogP contribution in [-0.2, 0) is 4.79 Å². The van der Waals surface area contributed by atoms with E-state index in [1.165, 1.54) is 19.3 Å². The summed E-state index contributed by atoms with van der Waals surface area (Å²) in [5.74, 6) is 0.0598. The van der Waals surface area contributed by atoms with E-state index in [1.807, 2.05) is 18.2 Å². The monoisotopic (exact) mass is 275 g/mol. The Hall–Kier alpha value is -1.55. The van der Waals surface area contributed by atoms with Crippen molar-refractivity contribution in [3.8, 4) is 0 Å². The van der Waals surface area contributed by atoms with Crippen LogP contribution in [0.15, 0.2) is 24.3 Å². The molecule has 1 aliphatic rings. The molecule has 2 unspecified atom stereocenters. The lowest BCUT2D eigenvalue weighted by Crippen LogP contribution is -2.36. The molecule has 2 atom stereocenters. The van der Waals surface area contributed by atoms with Crippen LogP contribution in [0.5, 0.6) is 0 Å². The minimum Gasteiger partial charge on any atom is -0.399 e. The van der Waals surface area contributed by atoms with Crippen molar-refractivity contribution in [1.29, 1.82) is 0 Å². The molecule has 4 heteroatoms. The van der Waals surface area contributed by atoms with Gasteiger partial charge in [0.05, 0.1) is 0 Å². The Balaban J connectivity index is 1.83. The molecular weight excluding hydrogens is 250 g/mol. The van der Waals surface area contributed by atoms with Gasteiger partial charge in [-0.25, -0.2) is 0 Å². The number of nitrogen functional groups attached to an aromatic ring is 1. The summed E-state index contributed by atoms with van der Waals surface area (Å²) in [6.45, 7) is 5.32. The lowest BCUT2D eigenvalue weighted by Gasteiger charge is -2.27. The van der Waals surface area contributed by atoms with Crippen molar-refractivity contribution in [2.75, 3.05) is 17.6 Å². The summed E-state index contributed by atoms with van der Waals surface area (Å²) in [4.78, 5) is 14.5. The average molecular weight is 275 g/mol. The zero-order chi connectivity index (χ0) is 14.5. The third kappa shape index (κ3) is 3.73. The Kier molecular flexibility index (Phi) is 5.01. The molecule has 0 aromatic heterocycles. The van der Waals surface area contributed by atoms with Crippen LogP contribution in [0.3, 0.4) is 0 Å². The van der Waals surface area contributed by atoms with Crippen molar-refractivity contribution in [3.05, 3.63) is 24.3 Å². The van der Waals surface area contributed by atoms with Gasteiger partial charge in [0.25, 0.3) is 0 Å². The Morgan fingerprint density at radius 3 is 2.95 bits per heavy atom. The van der Waals surface area contributed by atoms with Crippen LogP contribution in [0.2, 0.25) is 0 Å². The van der Waals surface area contributed by atoms with Gasteiger partial charge in [0, 0.05) is 36.4 Å².